The van der Waals surface area contributed by atoms with Gasteiger partial charge in [-0.2, -0.15) is 0 Å². The molecule has 6 heteroatoms. The van der Waals surface area contributed by atoms with Crippen LogP contribution in [0.25, 0.3) is 11.0 Å². The van der Waals surface area contributed by atoms with Crippen LogP contribution in [0, 0.1) is 6.92 Å². The maximum atomic E-state index is 12.3. The van der Waals surface area contributed by atoms with E-state index in [0.717, 1.165) is 10.9 Å². The first-order chi connectivity index (χ1) is 11.0. The molecule has 1 amide bonds. The highest BCUT2D eigenvalue weighted by Gasteiger charge is 2.20. The topological polar surface area (TPSA) is 64.6 Å². The molecule has 0 radical (unpaired) electrons. The maximum absolute atomic E-state index is 12.3. The van der Waals surface area contributed by atoms with Crippen molar-refractivity contribution in [3.05, 3.63) is 52.1 Å². The highest BCUT2D eigenvalue weighted by atomic mass is 79.9. The number of ether oxygens (including phenoxy) is 1. The molecular weight excluding hydrogens is 362 g/mol. The Morgan fingerprint density at radius 3 is 2.74 bits per heavy atom. The van der Waals surface area contributed by atoms with Gasteiger partial charge in [0.1, 0.15) is 5.76 Å². The Kier molecular flexibility index (Phi) is 4.17. The number of rotatable bonds is 4. The number of halogens is 1. The molecule has 3 rings (SSSR count). The van der Waals surface area contributed by atoms with Crippen LogP contribution in [0.3, 0.4) is 0 Å². The second-order valence-electron chi connectivity index (χ2n) is 5.29. The third kappa shape index (κ3) is 2.99. The lowest BCUT2D eigenvalue weighted by Gasteiger charge is -2.10. The van der Waals surface area contributed by atoms with E-state index in [1.54, 1.807) is 13.2 Å². The second-order valence-corrected chi connectivity index (χ2v) is 6.07. The van der Waals surface area contributed by atoms with E-state index >= 15 is 0 Å². The summed E-state index contributed by atoms with van der Waals surface area (Å²) < 4.78 is 17.0. The van der Waals surface area contributed by atoms with E-state index < -0.39 is 0 Å². The summed E-state index contributed by atoms with van der Waals surface area (Å²) in [5.74, 6) is 1.32. The number of fused-ring (bicyclic) bond motifs is 1. The van der Waals surface area contributed by atoms with Crippen LogP contribution in [0.5, 0.6) is 5.75 Å². The third-order valence-electron chi connectivity index (χ3n) is 3.62. The maximum Gasteiger partial charge on any atom is 0.287 e. The van der Waals surface area contributed by atoms with Crippen LogP contribution in [-0.2, 0) is 0 Å². The Hall–Kier alpha value is -2.21. The molecule has 2 aromatic heterocycles. The zero-order chi connectivity index (χ0) is 16.6. The van der Waals surface area contributed by atoms with Crippen molar-refractivity contribution in [1.29, 1.82) is 0 Å². The Morgan fingerprint density at radius 2 is 2.09 bits per heavy atom. The molecule has 1 atom stereocenters. The molecule has 0 fully saturated rings. The minimum atomic E-state index is -0.303. The highest BCUT2D eigenvalue weighted by Crippen LogP contribution is 2.31. The molecule has 5 nitrogen and oxygen atoms in total. The molecule has 3 aromatic rings. The number of methoxy groups -OCH3 is 1. The Labute approximate surface area is 141 Å². The summed E-state index contributed by atoms with van der Waals surface area (Å²) in [5, 5.41) is 3.81. The van der Waals surface area contributed by atoms with Crippen molar-refractivity contribution in [3.8, 4) is 5.75 Å². The number of aryl methyl sites for hydroxylation is 1. The molecule has 23 heavy (non-hydrogen) atoms. The lowest BCUT2D eigenvalue weighted by atomic mass is 10.2. The molecule has 2 heterocycles. The summed E-state index contributed by atoms with van der Waals surface area (Å²) in [6, 6.07) is 9.02. The molecule has 0 aliphatic heterocycles. The summed E-state index contributed by atoms with van der Waals surface area (Å²) in [5.41, 5.74) is 1.44. The molecule has 0 spiro atoms. The zero-order valence-electron chi connectivity index (χ0n) is 13.0. The molecule has 1 unspecified atom stereocenters. The van der Waals surface area contributed by atoms with Crippen molar-refractivity contribution < 1.29 is 18.4 Å². The van der Waals surface area contributed by atoms with E-state index in [-0.39, 0.29) is 17.7 Å². The monoisotopic (exact) mass is 377 g/mol. The van der Waals surface area contributed by atoms with Crippen LogP contribution in [0.15, 0.2) is 43.8 Å². The second kappa shape index (κ2) is 6.12. The largest absolute Gasteiger partial charge is 0.493 e. The summed E-state index contributed by atoms with van der Waals surface area (Å²) in [4.78, 5) is 12.3. The van der Waals surface area contributed by atoms with Gasteiger partial charge in [0.15, 0.2) is 21.8 Å². The molecule has 0 aliphatic rings. The van der Waals surface area contributed by atoms with E-state index in [1.165, 1.54) is 0 Å². The van der Waals surface area contributed by atoms with E-state index in [9.17, 15) is 4.79 Å². The first-order valence-electron chi connectivity index (χ1n) is 7.13. The molecular formula is C17H16BrNO4. The fourth-order valence-electron chi connectivity index (χ4n) is 2.43. The van der Waals surface area contributed by atoms with Gasteiger partial charge in [-0.3, -0.25) is 4.79 Å². The Balaban J connectivity index is 1.84. The number of carbonyl (C=O) groups is 1. The Bertz CT molecular complexity index is 865. The summed E-state index contributed by atoms with van der Waals surface area (Å²) in [7, 11) is 1.60. The van der Waals surface area contributed by atoms with E-state index in [2.05, 4.69) is 21.2 Å². The quantitative estimate of drug-likeness (QED) is 0.721. The van der Waals surface area contributed by atoms with Crippen molar-refractivity contribution in [2.24, 2.45) is 0 Å². The van der Waals surface area contributed by atoms with Crippen molar-refractivity contribution >= 4 is 32.8 Å². The average Bonchev–Trinajstić information content (AvgIpc) is 3.09. The normalized spacial score (nSPS) is 12.3. The van der Waals surface area contributed by atoms with Gasteiger partial charge in [0, 0.05) is 10.9 Å². The molecule has 1 N–H and O–H groups in total. The van der Waals surface area contributed by atoms with Crippen molar-refractivity contribution in [1.82, 2.24) is 5.32 Å². The van der Waals surface area contributed by atoms with Gasteiger partial charge in [-0.15, -0.1) is 0 Å². The van der Waals surface area contributed by atoms with Gasteiger partial charge in [0.2, 0.25) is 0 Å². The lowest BCUT2D eigenvalue weighted by Crippen LogP contribution is -2.26. The van der Waals surface area contributed by atoms with Crippen LogP contribution in [0.2, 0.25) is 0 Å². The molecule has 0 bridgehead atoms. The van der Waals surface area contributed by atoms with Crippen molar-refractivity contribution in [2.45, 2.75) is 19.9 Å². The summed E-state index contributed by atoms with van der Waals surface area (Å²) in [6.07, 6.45) is 0. The van der Waals surface area contributed by atoms with Crippen LogP contribution < -0.4 is 10.1 Å². The molecule has 120 valence electrons. The van der Waals surface area contributed by atoms with E-state index in [0.29, 0.717) is 21.8 Å². The van der Waals surface area contributed by atoms with Crippen LogP contribution in [0.1, 0.15) is 34.8 Å². The number of furan rings is 2. The van der Waals surface area contributed by atoms with Crippen molar-refractivity contribution in [3.63, 3.8) is 0 Å². The lowest BCUT2D eigenvalue weighted by molar-refractivity contribution is 0.0905. The molecule has 0 aliphatic carbocycles. The number of hydrogen-bond acceptors (Lipinski definition) is 4. The number of para-hydroxylation sites is 1. The average molecular weight is 378 g/mol. The van der Waals surface area contributed by atoms with Crippen LogP contribution in [-0.4, -0.2) is 13.0 Å². The first-order valence-corrected chi connectivity index (χ1v) is 7.92. The zero-order valence-corrected chi connectivity index (χ0v) is 14.6. The van der Waals surface area contributed by atoms with Crippen molar-refractivity contribution in [2.75, 3.05) is 7.11 Å². The van der Waals surface area contributed by atoms with Gasteiger partial charge in [0.05, 0.1) is 13.2 Å². The summed E-state index contributed by atoms with van der Waals surface area (Å²) in [6.45, 7) is 3.68. The van der Waals surface area contributed by atoms with Gasteiger partial charge in [-0.25, -0.2) is 0 Å². The third-order valence-corrected chi connectivity index (χ3v) is 4.01. The molecule has 1 aromatic carbocycles. The van der Waals surface area contributed by atoms with Crippen LogP contribution in [0.4, 0.5) is 0 Å². The minimum absolute atomic E-state index is 0.284. The predicted octanol–water partition coefficient (Wildman–Crippen LogP) is 4.60. The summed E-state index contributed by atoms with van der Waals surface area (Å²) >= 11 is 3.22. The van der Waals surface area contributed by atoms with E-state index in [4.69, 9.17) is 13.6 Å². The smallest absolute Gasteiger partial charge is 0.287 e. The fourth-order valence-corrected chi connectivity index (χ4v) is 2.94. The Morgan fingerprint density at radius 1 is 1.30 bits per heavy atom. The van der Waals surface area contributed by atoms with Gasteiger partial charge < -0.3 is 18.9 Å². The first kappa shape index (κ1) is 15.7. The number of hydrogen-bond donors (Lipinski definition) is 1. The van der Waals surface area contributed by atoms with Gasteiger partial charge in [0.25, 0.3) is 5.91 Å². The standard InChI is InChI=1S/C17H16BrNO4/c1-9-7-14(18)23-15(9)17(20)19-10(2)13-8-11-5-4-6-12(21-3)16(11)22-13/h4-8,10H,1-3H3,(H,19,20). The fraction of sp³-hybridized carbons (Fsp3) is 0.235. The molecule has 0 saturated heterocycles. The number of carbonyl (C=O) groups excluding carboxylic acids is 1. The van der Waals surface area contributed by atoms with Gasteiger partial charge in [-0.1, -0.05) is 12.1 Å². The SMILES string of the molecule is COc1cccc2cc(C(C)NC(=O)c3oc(Br)cc3C)oc12. The molecule has 0 saturated carbocycles. The number of amides is 1. The minimum Gasteiger partial charge on any atom is -0.493 e. The number of benzene rings is 1. The predicted molar refractivity (Wildman–Crippen MR) is 89.8 cm³/mol. The van der Waals surface area contributed by atoms with Gasteiger partial charge in [-0.05, 0) is 48.0 Å². The van der Waals surface area contributed by atoms with Gasteiger partial charge >= 0.3 is 0 Å². The number of nitrogens with one attached hydrogen (secondary N) is 1. The highest BCUT2D eigenvalue weighted by molar-refractivity contribution is 9.10. The van der Waals surface area contributed by atoms with Crippen LogP contribution >= 0.6 is 15.9 Å². The van der Waals surface area contributed by atoms with E-state index in [1.807, 2.05) is 38.1 Å².